The zero-order chi connectivity index (χ0) is 15.5. The number of piperazine rings is 1. The SMILES string of the molecule is O=C(CO)N1CCN(Cc2ccc(C(F)(F)F)cc2)CC1. The van der Waals surface area contributed by atoms with Crippen LogP contribution in [0.25, 0.3) is 0 Å². The van der Waals surface area contributed by atoms with E-state index < -0.39 is 18.3 Å². The second kappa shape index (κ2) is 6.44. The molecule has 1 amide bonds. The van der Waals surface area contributed by atoms with Crippen molar-refractivity contribution in [2.45, 2.75) is 12.7 Å². The van der Waals surface area contributed by atoms with Crippen molar-refractivity contribution in [3.05, 3.63) is 35.4 Å². The van der Waals surface area contributed by atoms with Crippen molar-refractivity contribution in [1.82, 2.24) is 9.80 Å². The van der Waals surface area contributed by atoms with Gasteiger partial charge in [-0.25, -0.2) is 0 Å². The normalized spacial score (nSPS) is 17.0. The molecule has 2 rings (SSSR count). The number of aliphatic hydroxyl groups excluding tert-OH is 1. The Morgan fingerprint density at radius 3 is 2.14 bits per heavy atom. The van der Waals surface area contributed by atoms with Crippen LogP contribution in [-0.4, -0.2) is 53.6 Å². The summed E-state index contributed by atoms with van der Waals surface area (Å²) >= 11 is 0. The summed E-state index contributed by atoms with van der Waals surface area (Å²) < 4.78 is 37.4. The van der Waals surface area contributed by atoms with Crippen LogP contribution in [0.4, 0.5) is 13.2 Å². The van der Waals surface area contributed by atoms with E-state index in [1.165, 1.54) is 12.1 Å². The molecule has 0 spiro atoms. The fourth-order valence-corrected chi connectivity index (χ4v) is 2.31. The van der Waals surface area contributed by atoms with Crippen LogP contribution in [0.3, 0.4) is 0 Å². The van der Waals surface area contributed by atoms with Gasteiger partial charge in [-0.1, -0.05) is 12.1 Å². The Labute approximate surface area is 120 Å². The van der Waals surface area contributed by atoms with E-state index in [-0.39, 0.29) is 5.91 Å². The molecule has 1 heterocycles. The largest absolute Gasteiger partial charge is 0.416 e. The van der Waals surface area contributed by atoms with Crippen LogP contribution in [0.5, 0.6) is 0 Å². The average Bonchev–Trinajstić information content (AvgIpc) is 2.47. The first kappa shape index (κ1) is 15.8. The maximum Gasteiger partial charge on any atom is 0.416 e. The Morgan fingerprint density at radius 1 is 1.10 bits per heavy atom. The summed E-state index contributed by atoms with van der Waals surface area (Å²) in [4.78, 5) is 15.0. The van der Waals surface area contributed by atoms with Crippen LogP contribution in [0.15, 0.2) is 24.3 Å². The van der Waals surface area contributed by atoms with Gasteiger partial charge in [-0.2, -0.15) is 13.2 Å². The second-order valence-corrected chi connectivity index (χ2v) is 5.01. The van der Waals surface area contributed by atoms with E-state index in [1.54, 1.807) is 4.90 Å². The van der Waals surface area contributed by atoms with Gasteiger partial charge in [-0.15, -0.1) is 0 Å². The third kappa shape index (κ3) is 4.18. The fraction of sp³-hybridized carbons (Fsp3) is 0.500. The molecule has 1 aromatic carbocycles. The van der Waals surface area contributed by atoms with Crippen LogP contribution in [0.2, 0.25) is 0 Å². The van der Waals surface area contributed by atoms with Gasteiger partial charge in [0, 0.05) is 32.7 Å². The molecule has 0 saturated carbocycles. The Kier molecular flexibility index (Phi) is 4.84. The van der Waals surface area contributed by atoms with Crippen molar-refractivity contribution in [3.8, 4) is 0 Å². The van der Waals surface area contributed by atoms with E-state index in [4.69, 9.17) is 5.11 Å². The van der Waals surface area contributed by atoms with Crippen LogP contribution in [0.1, 0.15) is 11.1 Å². The number of alkyl halides is 3. The summed E-state index contributed by atoms with van der Waals surface area (Å²) in [6, 6.07) is 5.13. The molecule has 0 aliphatic carbocycles. The molecule has 0 atom stereocenters. The van der Waals surface area contributed by atoms with Gasteiger partial charge in [-0.3, -0.25) is 9.69 Å². The van der Waals surface area contributed by atoms with E-state index in [0.717, 1.165) is 17.7 Å². The first-order valence-electron chi connectivity index (χ1n) is 6.67. The highest BCUT2D eigenvalue weighted by Crippen LogP contribution is 2.29. The smallest absolute Gasteiger partial charge is 0.387 e. The number of carbonyl (C=O) groups is 1. The molecule has 1 N–H and O–H groups in total. The monoisotopic (exact) mass is 302 g/mol. The van der Waals surface area contributed by atoms with Crippen LogP contribution < -0.4 is 0 Å². The molecule has 0 radical (unpaired) electrons. The van der Waals surface area contributed by atoms with Gasteiger partial charge in [0.1, 0.15) is 6.61 Å². The minimum Gasteiger partial charge on any atom is -0.387 e. The van der Waals surface area contributed by atoms with Gasteiger partial charge in [0.15, 0.2) is 0 Å². The molecule has 1 aliphatic heterocycles. The third-order valence-corrected chi connectivity index (χ3v) is 3.55. The average molecular weight is 302 g/mol. The van der Waals surface area contributed by atoms with Crippen molar-refractivity contribution < 1.29 is 23.1 Å². The minimum absolute atomic E-state index is 0.288. The fourth-order valence-electron chi connectivity index (χ4n) is 2.31. The molecule has 7 heteroatoms. The molecule has 1 aromatic rings. The van der Waals surface area contributed by atoms with E-state index in [0.29, 0.717) is 32.7 Å². The first-order chi connectivity index (χ1) is 9.90. The summed E-state index contributed by atoms with van der Waals surface area (Å²) in [6.45, 7) is 2.41. The number of rotatable bonds is 3. The lowest BCUT2D eigenvalue weighted by molar-refractivity contribution is -0.137. The van der Waals surface area contributed by atoms with Gasteiger partial charge in [0.2, 0.25) is 5.91 Å². The summed E-state index contributed by atoms with van der Waals surface area (Å²) in [6.07, 6.45) is -4.31. The molecular weight excluding hydrogens is 285 g/mol. The zero-order valence-corrected chi connectivity index (χ0v) is 11.4. The topological polar surface area (TPSA) is 43.8 Å². The van der Waals surface area contributed by atoms with E-state index in [1.807, 2.05) is 0 Å². The van der Waals surface area contributed by atoms with E-state index >= 15 is 0 Å². The predicted octanol–water partition coefficient (Wildman–Crippen LogP) is 1.34. The number of carbonyl (C=O) groups excluding carboxylic acids is 1. The lowest BCUT2D eigenvalue weighted by Gasteiger charge is -2.34. The molecule has 1 fully saturated rings. The second-order valence-electron chi connectivity index (χ2n) is 5.01. The van der Waals surface area contributed by atoms with Gasteiger partial charge in [-0.05, 0) is 17.7 Å². The Hall–Kier alpha value is -1.60. The van der Waals surface area contributed by atoms with Crippen molar-refractivity contribution in [2.24, 2.45) is 0 Å². The molecule has 4 nitrogen and oxygen atoms in total. The molecule has 1 saturated heterocycles. The minimum atomic E-state index is -4.31. The predicted molar refractivity (Wildman–Crippen MR) is 70.4 cm³/mol. The summed E-state index contributed by atoms with van der Waals surface area (Å²) in [5.74, 6) is -0.288. The van der Waals surface area contributed by atoms with Crippen LogP contribution in [0, 0.1) is 0 Å². The van der Waals surface area contributed by atoms with Gasteiger partial charge in [0.05, 0.1) is 5.56 Å². The standard InChI is InChI=1S/C14H17F3N2O2/c15-14(16,17)12-3-1-11(2-4-12)9-18-5-7-19(8-6-18)13(21)10-20/h1-4,20H,5-10H2. The van der Waals surface area contributed by atoms with Gasteiger partial charge < -0.3 is 10.0 Å². The molecule has 1 aliphatic rings. The molecular formula is C14H17F3N2O2. The number of amides is 1. The van der Waals surface area contributed by atoms with Crippen LogP contribution in [-0.2, 0) is 17.5 Å². The Morgan fingerprint density at radius 2 is 1.67 bits per heavy atom. The summed E-state index contributed by atoms with van der Waals surface area (Å²) in [7, 11) is 0. The number of halogens is 3. The Bertz CT molecular complexity index is 480. The number of hydrogen-bond donors (Lipinski definition) is 1. The van der Waals surface area contributed by atoms with E-state index in [2.05, 4.69) is 4.90 Å². The molecule has 21 heavy (non-hydrogen) atoms. The maximum absolute atomic E-state index is 12.5. The Balaban J connectivity index is 1.88. The third-order valence-electron chi connectivity index (χ3n) is 3.55. The van der Waals surface area contributed by atoms with Crippen molar-refractivity contribution in [3.63, 3.8) is 0 Å². The highest BCUT2D eigenvalue weighted by molar-refractivity contribution is 5.77. The molecule has 0 unspecified atom stereocenters. The number of nitrogens with zero attached hydrogens (tertiary/aromatic N) is 2. The summed E-state index contributed by atoms with van der Waals surface area (Å²) in [5, 5.41) is 8.78. The van der Waals surface area contributed by atoms with Crippen molar-refractivity contribution in [1.29, 1.82) is 0 Å². The highest BCUT2D eigenvalue weighted by Gasteiger charge is 2.30. The lowest BCUT2D eigenvalue weighted by atomic mass is 10.1. The quantitative estimate of drug-likeness (QED) is 0.916. The van der Waals surface area contributed by atoms with Gasteiger partial charge in [0.25, 0.3) is 0 Å². The molecule has 116 valence electrons. The lowest BCUT2D eigenvalue weighted by Crippen LogP contribution is -2.49. The van der Waals surface area contributed by atoms with Crippen molar-refractivity contribution >= 4 is 5.91 Å². The van der Waals surface area contributed by atoms with Gasteiger partial charge >= 0.3 is 6.18 Å². The number of aliphatic hydroxyl groups is 1. The highest BCUT2D eigenvalue weighted by atomic mass is 19.4. The van der Waals surface area contributed by atoms with E-state index in [9.17, 15) is 18.0 Å². The van der Waals surface area contributed by atoms with Crippen LogP contribution >= 0.6 is 0 Å². The first-order valence-corrected chi connectivity index (χ1v) is 6.67. The molecule has 0 aromatic heterocycles. The summed E-state index contributed by atoms with van der Waals surface area (Å²) in [5.41, 5.74) is 0.162. The molecule has 0 bridgehead atoms. The number of hydrogen-bond acceptors (Lipinski definition) is 3. The van der Waals surface area contributed by atoms with Crippen molar-refractivity contribution in [2.75, 3.05) is 32.8 Å². The number of benzene rings is 1. The zero-order valence-electron chi connectivity index (χ0n) is 11.4. The maximum atomic E-state index is 12.5.